The second kappa shape index (κ2) is 18.1. The molecule has 3 fully saturated rings. The van der Waals surface area contributed by atoms with E-state index < -0.39 is 152 Å². The first-order valence-corrected chi connectivity index (χ1v) is 19.8. The second-order valence-corrected chi connectivity index (χ2v) is 15.7. The van der Waals surface area contributed by atoms with E-state index in [2.05, 4.69) is 0 Å². The monoisotopic (exact) mass is 886 g/mol. The molecule has 16 atom stereocenters. The van der Waals surface area contributed by atoms with E-state index in [1.807, 2.05) is 0 Å². The van der Waals surface area contributed by atoms with E-state index >= 15 is 0 Å². The van der Waals surface area contributed by atoms with Gasteiger partial charge in [-0.3, -0.25) is 14.4 Å². The highest BCUT2D eigenvalue weighted by Gasteiger charge is 2.71. The zero-order valence-electron chi connectivity index (χ0n) is 33.3. The van der Waals surface area contributed by atoms with E-state index in [9.17, 15) is 69.9 Å². The van der Waals surface area contributed by atoms with Crippen molar-refractivity contribution in [3.63, 3.8) is 0 Å². The standard InChI is InChI=1S/C42H46O21/c1-18(45)59-35-33(50)31(48)27(15-44)63-38(35)61-25-9-5-3-7-20(25)16-57-39(53)41(55)23-12-10-22(36(41)52)21-11-13-28(46)42(56,29(21)23)40(54)58-17-19-6-2-4-8-24(19)60-37-34(51)32(49)30(47)26(14-43)62-37/h2-13,21-23,26-27,29-35,37-38,43-44,47-51,55-56H,14-17H2,1H3/t21?,22?,23?,26?,27?,29?,30-,31-,32?,33?,34+,35+,37-,38-,41-,42+/m0/s1. The van der Waals surface area contributed by atoms with Crippen molar-refractivity contribution in [2.75, 3.05) is 13.2 Å². The molecule has 0 aromatic heterocycles. The normalized spacial score (nSPS) is 38.1. The summed E-state index contributed by atoms with van der Waals surface area (Å²) >= 11 is 0. The minimum absolute atomic E-state index is 0.0649. The Labute approximate surface area is 357 Å². The Bertz CT molecular complexity index is 2140. The van der Waals surface area contributed by atoms with Crippen molar-refractivity contribution in [1.82, 2.24) is 0 Å². The van der Waals surface area contributed by atoms with Crippen LogP contribution < -0.4 is 9.47 Å². The van der Waals surface area contributed by atoms with Crippen LogP contribution in [-0.2, 0) is 60.9 Å². The van der Waals surface area contributed by atoms with Crippen LogP contribution in [0.1, 0.15) is 18.1 Å². The summed E-state index contributed by atoms with van der Waals surface area (Å²) in [7, 11) is 0. The maximum Gasteiger partial charge on any atom is 0.347 e. The van der Waals surface area contributed by atoms with Crippen molar-refractivity contribution in [2.24, 2.45) is 23.7 Å². The molecule has 340 valence electrons. The van der Waals surface area contributed by atoms with Crippen LogP contribution in [0.5, 0.6) is 11.5 Å². The van der Waals surface area contributed by atoms with Gasteiger partial charge in [0.25, 0.3) is 0 Å². The fraction of sp³-hybridized carbons (Fsp3) is 0.500. The zero-order chi connectivity index (χ0) is 45.5. The van der Waals surface area contributed by atoms with E-state index in [4.69, 9.17) is 33.2 Å². The van der Waals surface area contributed by atoms with Gasteiger partial charge in [-0.15, -0.1) is 0 Å². The molecule has 2 heterocycles. The number of hydrogen-bond acceptors (Lipinski definition) is 21. The van der Waals surface area contributed by atoms with Crippen molar-refractivity contribution in [1.29, 1.82) is 0 Å². The predicted octanol–water partition coefficient (Wildman–Crippen LogP) is -3.38. The van der Waals surface area contributed by atoms with Gasteiger partial charge in [0.15, 0.2) is 17.7 Å². The summed E-state index contributed by atoms with van der Waals surface area (Å²) in [6.45, 7) is -1.79. The molecule has 2 bridgehead atoms. The van der Waals surface area contributed by atoms with Gasteiger partial charge in [0, 0.05) is 35.8 Å². The van der Waals surface area contributed by atoms with Gasteiger partial charge >= 0.3 is 17.9 Å². The summed E-state index contributed by atoms with van der Waals surface area (Å²) in [5, 5.41) is 95.2. The zero-order valence-corrected chi connectivity index (χ0v) is 33.3. The molecule has 2 aromatic rings. The molecule has 21 heteroatoms. The van der Waals surface area contributed by atoms with Crippen LogP contribution >= 0.6 is 0 Å². The fourth-order valence-electron chi connectivity index (χ4n) is 8.64. The average molecular weight is 887 g/mol. The lowest BCUT2D eigenvalue weighted by atomic mass is 9.49. The number of ketones is 2. The van der Waals surface area contributed by atoms with Gasteiger partial charge in [0.05, 0.1) is 13.2 Å². The van der Waals surface area contributed by atoms with Crippen LogP contribution in [0.3, 0.4) is 0 Å². The first kappa shape index (κ1) is 45.8. The number of carbonyl (C=O) groups is 5. The Morgan fingerprint density at radius 1 is 0.667 bits per heavy atom. The molecule has 2 aliphatic heterocycles. The van der Waals surface area contributed by atoms with E-state index in [-0.39, 0.29) is 22.6 Å². The predicted molar refractivity (Wildman–Crippen MR) is 203 cm³/mol. The molecule has 2 aromatic carbocycles. The topological polar surface area (TPSA) is 332 Å². The number of carbonyl (C=O) groups excluding carboxylic acids is 5. The summed E-state index contributed by atoms with van der Waals surface area (Å²) in [5.41, 5.74) is -5.93. The van der Waals surface area contributed by atoms with Crippen LogP contribution in [0, 0.1) is 23.7 Å². The first-order valence-electron chi connectivity index (χ1n) is 19.8. The quantitative estimate of drug-likeness (QED) is 0.0410. The van der Waals surface area contributed by atoms with Crippen LogP contribution in [0.4, 0.5) is 0 Å². The van der Waals surface area contributed by atoms with Gasteiger partial charge in [-0.25, -0.2) is 9.59 Å². The van der Waals surface area contributed by atoms with Crippen LogP contribution in [0.15, 0.2) is 72.8 Å². The highest BCUT2D eigenvalue weighted by Crippen LogP contribution is 2.55. The van der Waals surface area contributed by atoms with E-state index in [1.165, 1.54) is 66.8 Å². The second-order valence-electron chi connectivity index (χ2n) is 15.7. The molecule has 8 unspecified atom stereocenters. The van der Waals surface area contributed by atoms with Gasteiger partial charge in [-0.05, 0) is 24.1 Å². The molecule has 1 saturated carbocycles. The number of aliphatic hydroxyl groups excluding tert-OH is 7. The van der Waals surface area contributed by atoms with Gasteiger partial charge < -0.3 is 79.1 Å². The SMILES string of the molecule is CC(=O)O[C@@H]1C(O)[C@@H](O)C(CO)O[C@@H]1Oc1ccccc1COC(=O)[C@@]1(O)C(=O)C2C=CC1C1C2C=CC(=O)[C@]1(O)C(=O)OCc1ccccc1O[C@H]1OC(CO)[C@H](O)C(O)[C@H]1O. The Balaban J connectivity index is 1.08. The first-order chi connectivity index (χ1) is 30.0. The summed E-state index contributed by atoms with van der Waals surface area (Å²) in [6, 6.07) is 11.6. The summed E-state index contributed by atoms with van der Waals surface area (Å²) in [6.07, 6.45) is -11.2. The Morgan fingerprint density at radius 2 is 1.19 bits per heavy atom. The van der Waals surface area contributed by atoms with Gasteiger partial charge in [0.1, 0.15) is 67.4 Å². The maximum absolute atomic E-state index is 14.0. The lowest BCUT2D eigenvalue weighted by Gasteiger charge is -2.54. The number of fused-ring (bicyclic) bond motifs is 1. The van der Waals surface area contributed by atoms with Crippen LogP contribution in [-0.4, -0.2) is 161 Å². The lowest BCUT2D eigenvalue weighted by Crippen LogP contribution is -2.72. The van der Waals surface area contributed by atoms with E-state index in [1.54, 1.807) is 0 Å². The molecule has 0 radical (unpaired) electrons. The molecule has 9 N–H and O–H groups in total. The molecule has 2 saturated heterocycles. The molecular weight excluding hydrogens is 840 g/mol. The minimum Gasteiger partial charge on any atom is -0.462 e. The number of para-hydroxylation sites is 2. The molecule has 4 aliphatic carbocycles. The number of benzene rings is 2. The number of ether oxygens (including phenoxy) is 7. The highest BCUT2D eigenvalue weighted by molar-refractivity contribution is 6.16. The maximum atomic E-state index is 14.0. The van der Waals surface area contributed by atoms with E-state index in [0.717, 1.165) is 13.0 Å². The highest BCUT2D eigenvalue weighted by atomic mass is 16.7. The third kappa shape index (κ3) is 8.15. The molecule has 21 nitrogen and oxygen atoms in total. The van der Waals surface area contributed by atoms with Crippen molar-refractivity contribution < 1.29 is 103 Å². The third-order valence-electron chi connectivity index (χ3n) is 12.0. The molecule has 6 aliphatic rings. The van der Waals surface area contributed by atoms with Gasteiger partial charge in [-0.1, -0.05) is 54.6 Å². The average Bonchev–Trinajstić information content (AvgIpc) is 3.27. The Morgan fingerprint density at radius 3 is 1.76 bits per heavy atom. The smallest absolute Gasteiger partial charge is 0.347 e. The van der Waals surface area contributed by atoms with Gasteiger partial charge in [0.2, 0.25) is 23.8 Å². The number of hydrogen-bond donors (Lipinski definition) is 9. The van der Waals surface area contributed by atoms with Crippen LogP contribution in [0.2, 0.25) is 0 Å². The van der Waals surface area contributed by atoms with Crippen molar-refractivity contribution in [3.8, 4) is 11.5 Å². The third-order valence-corrected chi connectivity index (χ3v) is 12.0. The lowest BCUT2D eigenvalue weighted by molar-refractivity contribution is -0.282. The van der Waals surface area contributed by atoms with Crippen molar-refractivity contribution in [3.05, 3.63) is 84.0 Å². The van der Waals surface area contributed by atoms with Crippen molar-refractivity contribution >= 4 is 29.5 Å². The van der Waals surface area contributed by atoms with Crippen molar-refractivity contribution in [2.45, 2.75) is 92.8 Å². The molecular formula is C42H46O21. The van der Waals surface area contributed by atoms with E-state index in [0.29, 0.717) is 0 Å². The summed E-state index contributed by atoms with van der Waals surface area (Å²) < 4.78 is 38.7. The number of aliphatic hydroxyl groups is 9. The number of allylic oxidation sites excluding steroid dienone is 2. The fourth-order valence-corrected chi connectivity index (χ4v) is 8.64. The summed E-state index contributed by atoms with van der Waals surface area (Å²) in [5.74, 6) is -12.0. The molecule has 0 spiro atoms. The largest absolute Gasteiger partial charge is 0.462 e. The Hall–Kier alpha value is -5.17. The summed E-state index contributed by atoms with van der Waals surface area (Å²) in [4.78, 5) is 67.2. The molecule has 8 rings (SSSR count). The number of Topliss-reactive ketones (excluding diaryl/α,β-unsaturated/α-hetero) is 1. The van der Waals surface area contributed by atoms with Gasteiger partial charge in [-0.2, -0.15) is 0 Å². The molecule has 63 heavy (non-hydrogen) atoms. The number of rotatable bonds is 13. The number of esters is 3. The Kier molecular flexibility index (Phi) is 13.2. The van der Waals surface area contributed by atoms with Crippen LogP contribution in [0.25, 0.3) is 0 Å². The molecule has 0 amide bonds. The minimum atomic E-state index is -3.07.